The molecule has 3 atom stereocenters. The highest BCUT2D eigenvalue weighted by Gasteiger charge is 2.37. The number of ether oxygens (including phenoxy) is 1. The summed E-state index contributed by atoms with van der Waals surface area (Å²) in [4.78, 5) is 39.6. The first-order valence-electron chi connectivity index (χ1n) is 12.0. The van der Waals surface area contributed by atoms with E-state index >= 15 is 0 Å². The van der Waals surface area contributed by atoms with E-state index < -0.39 is 30.0 Å². The van der Waals surface area contributed by atoms with E-state index in [-0.39, 0.29) is 29.5 Å². The van der Waals surface area contributed by atoms with Crippen molar-refractivity contribution in [2.45, 2.75) is 57.7 Å². The van der Waals surface area contributed by atoms with E-state index in [9.17, 15) is 19.1 Å². The van der Waals surface area contributed by atoms with Crippen LogP contribution < -0.4 is 10.6 Å². The molecule has 0 fully saturated rings. The number of pyridine rings is 1. The molecular formula is C25H28ClFN6O4. The number of carboxylic acids is 1. The minimum Gasteiger partial charge on any atom is -0.478 e. The quantitative estimate of drug-likeness (QED) is 0.287. The van der Waals surface area contributed by atoms with Gasteiger partial charge in [0.05, 0.1) is 29.4 Å². The van der Waals surface area contributed by atoms with Crippen LogP contribution in [0.2, 0.25) is 5.02 Å². The van der Waals surface area contributed by atoms with E-state index in [0.29, 0.717) is 28.2 Å². The summed E-state index contributed by atoms with van der Waals surface area (Å²) in [6, 6.07) is 0.235. The summed E-state index contributed by atoms with van der Waals surface area (Å²) < 4.78 is 20.9. The largest absolute Gasteiger partial charge is 0.478 e. The van der Waals surface area contributed by atoms with Crippen molar-refractivity contribution in [1.29, 1.82) is 0 Å². The van der Waals surface area contributed by atoms with Gasteiger partial charge in [0.15, 0.2) is 17.5 Å². The Bertz CT molecular complexity index is 1330. The summed E-state index contributed by atoms with van der Waals surface area (Å²) in [7, 11) is 0. The maximum absolute atomic E-state index is 14.9. The summed E-state index contributed by atoms with van der Waals surface area (Å²) in [6.45, 7) is 3.84. The number of fused-ring (bicyclic) bond motifs is 1. The van der Waals surface area contributed by atoms with Gasteiger partial charge in [-0.2, -0.15) is 0 Å². The van der Waals surface area contributed by atoms with Crippen molar-refractivity contribution >= 4 is 40.3 Å². The zero-order valence-electron chi connectivity index (χ0n) is 20.4. The van der Waals surface area contributed by atoms with Gasteiger partial charge in [-0.25, -0.2) is 24.1 Å². The predicted molar refractivity (Wildman–Crippen MR) is 137 cm³/mol. The smallest absolute Gasteiger partial charge is 0.331 e. The van der Waals surface area contributed by atoms with Crippen LogP contribution in [0.25, 0.3) is 22.4 Å². The molecule has 4 rings (SSSR count). The number of H-pyrrole nitrogens is 1. The van der Waals surface area contributed by atoms with Gasteiger partial charge in [0, 0.05) is 48.9 Å². The number of aliphatic carboxylic acids is 1. The standard InChI is InChI=1S/C25H28ClFN6O4/c1-3-4-5-6-37-20-8-14(25(35)36)7-19(21(20)31-13(2)34)32-24-18(27)12-30-23(33-24)17-11-29-22-16(17)9-15(26)10-28-22/h7,9-12,19-21H,3-6,8H2,1-2H3,(H,28,29)(H,31,34)(H,35,36)(H,30,32,33)/t19-,20+,21+/m0/s1. The number of hydrogen-bond donors (Lipinski definition) is 4. The Kier molecular flexibility index (Phi) is 8.34. The van der Waals surface area contributed by atoms with Crippen LogP contribution in [0.15, 0.2) is 36.3 Å². The maximum atomic E-state index is 14.9. The summed E-state index contributed by atoms with van der Waals surface area (Å²) in [6.07, 6.45) is 7.88. The number of anilines is 1. The van der Waals surface area contributed by atoms with Crippen LogP contribution in [0.3, 0.4) is 0 Å². The monoisotopic (exact) mass is 530 g/mol. The second-order valence-electron chi connectivity index (χ2n) is 8.86. The molecule has 1 aliphatic rings. The molecule has 0 radical (unpaired) electrons. The minimum atomic E-state index is -1.11. The number of carbonyl (C=O) groups excluding carboxylic acids is 1. The van der Waals surface area contributed by atoms with Crippen molar-refractivity contribution < 1.29 is 23.8 Å². The Balaban J connectivity index is 1.67. The number of hydrogen-bond acceptors (Lipinski definition) is 7. The number of carboxylic acid groups (broad SMARTS) is 1. The number of unbranched alkanes of at least 4 members (excludes halogenated alkanes) is 2. The third-order valence-electron chi connectivity index (χ3n) is 6.10. The Morgan fingerprint density at radius 2 is 2.11 bits per heavy atom. The van der Waals surface area contributed by atoms with Gasteiger partial charge in [0.25, 0.3) is 0 Å². The molecule has 0 unspecified atom stereocenters. The average molecular weight is 531 g/mol. The minimum absolute atomic E-state index is 0.102. The van der Waals surface area contributed by atoms with E-state index in [1.54, 1.807) is 12.3 Å². The summed E-state index contributed by atoms with van der Waals surface area (Å²) in [5.41, 5.74) is 1.23. The lowest BCUT2D eigenvalue weighted by molar-refractivity contribution is -0.133. The molecule has 3 aromatic heterocycles. The van der Waals surface area contributed by atoms with Crippen LogP contribution in [-0.2, 0) is 14.3 Å². The molecule has 0 spiro atoms. The van der Waals surface area contributed by atoms with Gasteiger partial charge in [-0.1, -0.05) is 31.4 Å². The van der Waals surface area contributed by atoms with Crippen molar-refractivity contribution in [2.75, 3.05) is 11.9 Å². The van der Waals surface area contributed by atoms with E-state index in [1.165, 1.54) is 19.2 Å². The van der Waals surface area contributed by atoms with Gasteiger partial charge in [0.2, 0.25) is 5.91 Å². The molecule has 0 bridgehead atoms. The number of nitrogens with zero attached hydrogens (tertiary/aromatic N) is 3. The lowest BCUT2D eigenvalue weighted by Crippen LogP contribution is -2.55. The number of nitrogens with one attached hydrogen (secondary N) is 3. The number of aromatic nitrogens is 4. The topological polar surface area (TPSA) is 142 Å². The molecule has 0 saturated carbocycles. The first kappa shape index (κ1) is 26.5. The second-order valence-corrected chi connectivity index (χ2v) is 9.29. The Labute approximate surface area is 217 Å². The van der Waals surface area contributed by atoms with E-state index in [4.69, 9.17) is 16.3 Å². The number of carbonyl (C=O) groups is 2. The first-order chi connectivity index (χ1) is 17.8. The molecule has 0 aromatic carbocycles. The zero-order valence-corrected chi connectivity index (χ0v) is 21.2. The van der Waals surface area contributed by atoms with E-state index in [0.717, 1.165) is 25.5 Å². The van der Waals surface area contributed by atoms with Gasteiger partial charge < -0.3 is 25.5 Å². The molecule has 3 heterocycles. The Morgan fingerprint density at radius 1 is 1.30 bits per heavy atom. The predicted octanol–water partition coefficient (Wildman–Crippen LogP) is 4.09. The van der Waals surface area contributed by atoms with Crippen LogP contribution in [-0.4, -0.2) is 61.7 Å². The molecular weight excluding hydrogens is 503 g/mol. The fraction of sp³-hybridized carbons (Fsp3) is 0.400. The third-order valence-corrected chi connectivity index (χ3v) is 6.31. The number of amides is 1. The second kappa shape index (κ2) is 11.7. The summed E-state index contributed by atoms with van der Waals surface area (Å²) in [5.74, 6) is -2.11. The highest BCUT2D eigenvalue weighted by Crippen LogP contribution is 2.30. The van der Waals surface area contributed by atoms with Crippen LogP contribution in [0, 0.1) is 5.82 Å². The van der Waals surface area contributed by atoms with Gasteiger partial charge >= 0.3 is 5.97 Å². The number of halogens is 2. The highest BCUT2D eigenvalue weighted by molar-refractivity contribution is 6.31. The zero-order chi connectivity index (χ0) is 26.5. The SMILES string of the molecule is CCCCCO[C@@H]1CC(C(=O)O)=C[C@H](Nc2nc(-c3c[nH]c4ncc(Cl)cc34)ncc2F)[C@H]1NC(C)=O. The number of rotatable bonds is 10. The molecule has 1 amide bonds. The summed E-state index contributed by atoms with van der Waals surface area (Å²) in [5, 5.41) is 16.6. The van der Waals surface area contributed by atoms with Crippen LogP contribution in [0.4, 0.5) is 10.2 Å². The van der Waals surface area contributed by atoms with Crippen molar-refractivity contribution in [2.24, 2.45) is 0 Å². The van der Waals surface area contributed by atoms with Crippen molar-refractivity contribution in [1.82, 2.24) is 25.3 Å². The Morgan fingerprint density at radius 3 is 2.84 bits per heavy atom. The molecule has 37 heavy (non-hydrogen) atoms. The van der Waals surface area contributed by atoms with Gasteiger partial charge in [-0.15, -0.1) is 0 Å². The fourth-order valence-corrected chi connectivity index (χ4v) is 4.50. The molecule has 0 saturated heterocycles. The number of aromatic amines is 1. The van der Waals surface area contributed by atoms with Crippen molar-refractivity contribution in [3.05, 3.63) is 47.1 Å². The van der Waals surface area contributed by atoms with E-state index in [2.05, 4.69) is 37.5 Å². The Hall–Kier alpha value is -3.57. The van der Waals surface area contributed by atoms with E-state index in [1.807, 2.05) is 0 Å². The normalized spacial score (nSPS) is 19.5. The van der Waals surface area contributed by atoms with Crippen molar-refractivity contribution in [3.63, 3.8) is 0 Å². The lowest BCUT2D eigenvalue weighted by atomic mass is 9.88. The summed E-state index contributed by atoms with van der Waals surface area (Å²) >= 11 is 6.09. The third kappa shape index (κ3) is 6.23. The van der Waals surface area contributed by atoms with Gasteiger partial charge in [0.1, 0.15) is 5.65 Å². The maximum Gasteiger partial charge on any atom is 0.331 e. The molecule has 196 valence electrons. The molecule has 4 N–H and O–H groups in total. The molecule has 3 aromatic rings. The molecule has 10 nitrogen and oxygen atoms in total. The van der Waals surface area contributed by atoms with Gasteiger partial charge in [-0.05, 0) is 18.6 Å². The fourth-order valence-electron chi connectivity index (χ4n) is 4.34. The van der Waals surface area contributed by atoms with Crippen LogP contribution >= 0.6 is 11.6 Å². The molecule has 0 aliphatic heterocycles. The van der Waals surface area contributed by atoms with Crippen molar-refractivity contribution in [3.8, 4) is 11.4 Å². The van der Waals surface area contributed by atoms with Crippen LogP contribution in [0.1, 0.15) is 39.5 Å². The lowest BCUT2D eigenvalue weighted by Gasteiger charge is -2.37. The molecule has 1 aliphatic carbocycles. The van der Waals surface area contributed by atoms with Crippen LogP contribution in [0.5, 0.6) is 0 Å². The molecule has 12 heteroatoms. The van der Waals surface area contributed by atoms with Gasteiger partial charge in [-0.3, -0.25) is 4.79 Å². The average Bonchev–Trinajstić information content (AvgIpc) is 3.27. The first-order valence-corrected chi connectivity index (χ1v) is 12.4. The highest BCUT2D eigenvalue weighted by atomic mass is 35.5.